The van der Waals surface area contributed by atoms with Gasteiger partial charge in [0.05, 0.1) is 24.7 Å². The minimum atomic E-state index is -0.841. The Bertz CT molecular complexity index is 652. The third kappa shape index (κ3) is 4.10. The van der Waals surface area contributed by atoms with Gasteiger partial charge in [-0.05, 0) is 17.7 Å². The van der Waals surface area contributed by atoms with Gasteiger partial charge >= 0.3 is 5.97 Å². The second-order valence-corrected chi connectivity index (χ2v) is 4.26. The third-order valence-electron chi connectivity index (χ3n) is 2.70. The van der Waals surface area contributed by atoms with Crippen LogP contribution in [0.2, 0.25) is 0 Å². The zero-order chi connectivity index (χ0) is 15.2. The molecule has 2 rings (SSSR count). The molecule has 0 aliphatic carbocycles. The van der Waals surface area contributed by atoms with Gasteiger partial charge in [0, 0.05) is 18.7 Å². The Kier molecular flexibility index (Phi) is 4.61. The van der Waals surface area contributed by atoms with Crippen LogP contribution in [0.3, 0.4) is 0 Å². The average molecular weight is 288 g/mol. The van der Waals surface area contributed by atoms with E-state index < -0.39 is 11.7 Å². The number of benzene rings is 1. The zero-order valence-corrected chi connectivity index (χ0v) is 11.3. The van der Waals surface area contributed by atoms with Gasteiger partial charge in [-0.25, -0.2) is 9.18 Å². The van der Waals surface area contributed by atoms with Crippen LogP contribution in [-0.2, 0) is 16.0 Å². The zero-order valence-electron chi connectivity index (χ0n) is 11.3. The molecule has 0 saturated carbocycles. The highest BCUT2D eigenvalue weighted by atomic mass is 19.1. The molecular formula is C15H13FN2O3. The number of esters is 1. The number of rotatable bonds is 4. The number of aliphatic hydroxyl groups is 1. The molecule has 0 aliphatic heterocycles. The second kappa shape index (κ2) is 6.60. The predicted octanol–water partition coefficient (Wildman–Crippen LogP) is 2.28. The van der Waals surface area contributed by atoms with Crippen molar-refractivity contribution in [3.05, 3.63) is 65.2 Å². The fourth-order valence-electron chi connectivity index (χ4n) is 1.65. The van der Waals surface area contributed by atoms with E-state index in [0.717, 1.165) is 5.56 Å². The number of hydrogen-bond donors (Lipinski definition) is 1. The topological polar surface area (TPSA) is 72.3 Å². The summed E-state index contributed by atoms with van der Waals surface area (Å²) in [6, 6.07) is 6.12. The minimum absolute atomic E-state index is 0.288. The minimum Gasteiger partial charge on any atom is -0.502 e. The average Bonchev–Trinajstić information content (AvgIpc) is 2.50. The van der Waals surface area contributed by atoms with Crippen LogP contribution in [0.1, 0.15) is 17.0 Å². The van der Waals surface area contributed by atoms with Gasteiger partial charge in [0.2, 0.25) is 5.76 Å². The summed E-state index contributed by atoms with van der Waals surface area (Å²) in [7, 11) is 1.17. The SMILES string of the molecule is COC(=O)/C(O)=C/c1cnc(Cc2ccc(F)cc2)cn1. The Hall–Kier alpha value is -2.76. The molecule has 5 nitrogen and oxygen atoms in total. The van der Waals surface area contributed by atoms with E-state index in [-0.39, 0.29) is 5.82 Å². The summed E-state index contributed by atoms with van der Waals surface area (Å²) in [5, 5.41) is 9.38. The number of ether oxygens (including phenoxy) is 1. The van der Waals surface area contributed by atoms with Crippen molar-refractivity contribution in [2.75, 3.05) is 7.11 Å². The summed E-state index contributed by atoms with van der Waals surface area (Å²) in [6.07, 6.45) is 4.64. The van der Waals surface area contributed by atoms with E-state index in [1.54, 1.807) is 12.1 Å². The molecular weight excluding hydrogens is 275 g/mol. The Labute approximate surface area is 120 Å². The molecule has 1 aromatic carbocycles. The quantitative estimate of drug-likeness (QED) is 0.531. The lowest BCUT2D eigenvalue weighted by Gasteiger charge is -2.02. The summed E-state index contributed by atoms with van der Waals surface area (Å²) in [5.41, 5.74) is 1.93. The van der Waals surface area contributed by atoms with E-state index >= 15 is 0 Å². The number of halogens is 1. The molecule has 108 valence electrons. The number of nitrogens with zero attached hydrogens (tertiary/aromatic N) is 2. The van der Waals surface area contributed by atoms with Gasteiger partial charge in [-0.1, -0.05) is 12.1 Å². The normalized spacial score (nSPS) is 11.2. The van der Waals surface area contributed by atoms with Gasteiger partial charge in [-0.15, -0.1) is 0 Å². The summed E-state index contributed by atoms with van der Waals surface area (Å²) in [5.74, 6) is -1.67. The molecule has 0 amide bonds. The molecule has 0 unspecified atom stereocenters. The maximum absolute atomic E-state index is 12.8. The van der Waals surface area contributed by atoms with Crippen LogP contribution in [0.15, 0.2) is 42.4 Å². The monoisotopic (exact) mass is 288 g/mol. The molecule has 1 aromatic heterocycles. The van der Waals surface area contributed by atoms with E-state index in [0.29, 0.717) is 17.8 Å². The first kappa shape index (κ1) is 14.6. The number of methoxy groups -OCH3 is 1. The van der Waals surface area contributed by atoms with Crippen molar-refractivity contribution in [2.45, 2.75) is 6.42 Å². The Morgan fingerprint density at radius 2 is 2.00 bits per heavy atom. The van der Waals surface area contributed by atoms with Crippen molar-refractivity contribution >= 4 is 12.0 Å². The summed E-state index contributed by atoms with van der Waals surface area (Å²) >= 11 is 0. The lowest BCUT2D eigenvalue weighted by molar-refractivity contribution is -0.138. The highest BCUT2D eigenvalue weighted by molar-refractivity contribution is 5.90. The highest BCUT2D eigenvalue weighted by Crippen LogP contribution is 2.09. The van der Waals surface area contributed by atoms with Gasteiger partial charge < -0.3 is 9.84 Å². The smallest absolute Gasteiger partial charge is 0.373 e. The molecule has 2 aromatic rings. The molecule has 0 bridgehead atoms. The first-order valence-electron chi connectivity index (χ1n) is 6.13. The molecule has 6 heteroatoms. The number of carbonyl (C=O) groups is 1. The van der Waals surface area contributed by atoms with Crippen molar-refractivity contribution < 1.29 is 19.0 Å². The maximum Gasteiger partial charge on any atom is 0.373 e. The molecule has 21 heavy (non-hydrogen) atoms. The first-order valence-corrected chi connectivity index (χ1v) is 6.13. The van der Waals surface area contributed by atoms with Crippen LogP contribution in [-0.4, -0.2) is 28.2 Å². The molecule has 0 radical (unpaired) electrons. The van der Waals surface area contributed by atoms with Crippen molar-refractivity contribution in [2.24, 2.45) is 0 Å². The molecule has 0 fully saturated rings. The van der Waals surface area contributed by atoms with Crippen LogP contribution in [0, 0.1) is 5.82 Å². The molecule has 1 N–H and O–H groups in total. The van der Waals surface area contributed by atoms with Crippen molar-refractivity contribution in [3.8, 4) is 0 Å². The van der Waals surface area contributed by atoms with Crippen LogP contribution < -0.4 is 0 Å². The predicted molar refractivity (Wildman–Crippen MR) is 73.9 cm³/mol. The van der Waals surface area contributed by atoms with Gasteiger partial charge in [-0.2, -0.15) is 0 Å². The molecule has 0 atom stereocenters. The van der Waals surface area contributed by atoms with Crippen LogP contribution in [0.25, 0.3) is 6.08 Å². The van der Waals surface area contributed by atoms with E-state index in [1.165, 1.54) is 37.7 Å². The van der Waals surface area contributed by atoms with Crippen LogP contribution >= 0.6 is 0 Å². The number of carbonyl (C=O) groups excluding carboxylic acids is 1. The van der Waals surface area contributed by atoms with Gasteiger partial charge in [0.15, 0.2) is 0 Å². The van der Waals surface area contributed by atoms with Gasteiger partial charge in [0.25, 0.3) is 0 Å². The van der Waals surface area contributed by atoms with Crippen molar-refractivity contribution in [1.29, 1.82) is 0 Å². The fraction of sp³-hybridized carbons (Fsp3) is 0.133. The van der Waals surface area contributed by atoms with E-state index in [2.05, 4.69) is 14.7 Å². The molecule has 0 spiro atoms. The number of hydrogen-bond acceptors (Lipinski definition) is 5. The summed E-state index contributed by atoms with van der Waals surface area (Å²) < 4.78 is 17.2. The van der Waals surface area contributed by atoms with E-state index in [4.69, 9.17) is 0 Å². The molecule has 1 heterocycles. The Balaban J connectivity index is 2.08. The van der Waals surface area contributed by atoms with Crippen molar-refractivity contribution in [3.63, 3.8) is 0 Å². The number of aromatic nitrogens is 2. The van der Waals surface area contributed by atoms with E-state index in [9.17, 15) is 14.3 Å². The standard InChI is InChI=1S/C15H13FN2O3/c1-21-15(20)14(19)7-13-9-17-12(8-18-13)6-10-2-4-11(16)5-3-10/h2-5,7-9,19H,6H2,1H3/b14-7-. The van der Waals surface area contributed by atoms with E-state index in [1.807, 2.05) is 0 Å². The van der Waals surface area contributed by atoms with Gasteiger partial charge in [-0.3, -0.25) is 9.97 Å². The molecule has 0 aliphatic rings. The van der Waals surface area contributed by atoms with Crippen molar-refractivity contribution in [1.82, 2.24) is 9.97 Å². The maximum atomic E-state index is 12.8. The Morgan fingerprint density at radius 1 is 1.29 bits per heavy atom. The summed E-state index contributed by atoms with van der Waals surface area (Å²) in [6.45, 7) is 0. The second-order valence-electron chi connectivity index (χ2n) is 4.26. The third-order valence-corrected chi connectivity index (χ3v) is 2.70. The van der Waals surface area contributed by atoms with Crippen LogP contribution in [0.5, 0.6) is 0 Å². The largest absolute Gasteiger partial charge is 0.502 e. The first-order chi connectivity index (χ1) is 10.1. The lowest BCUT2D eigenvalue weighted by Crippen LogP contribution is -2.04. The summed E-state index contributed by atoms with van der Waals surface area (Å²) in [4.78, 5) is 19.3. The van der Waals surface area contributed by atoms with Gasteiger partial charge in [0.1, 0.15) is 5.82 Å². The van der Waals surface area contributed by atoms with Crippen LogP contribution in [0.4, 0.5) is 4.39 Å². The number of aliphatic hydroxyl groups excluding tert-OH is 1. The highest BCUT2D eigenvalue weighted by Gasteiger charge is 2.07. The molecule has 0 saturated heterocycles. The fourth-order valence-corrected chi connectivity index (χ4v) is 1.65. The Morgan fingerprint density at radius 3 is 2.57 bits per heavy atom. The lowest BCUT2D eigenvalue weighted by atomic mass is 10.1.